The van der Waals surface area contributed by atoms with Crippen LogP contribution in [-0.2, 0) is 6.54 Å². The highest BCUT2D eigenvalue weighted by molar-refractivity contribution is 6.31. The van der Waals surface area contributed by atoms with Crippen molar-refractivity contribution in [3.8, 4) is 5.75 Å². The molecule has 0 bridgehead atoms. The molecule has 3 aromatic rings. The Morgan fingerprint density at radius 3 is 2.70 bits per heavy atom. The van der Waals surface area contributed by atoms with Gasteiger partial charge in [-0.15, -0.1) is 0 Å². The zero-order chi connectivity index (χ0) is 21.3. The van der Waals surface area contributed by atoms with E-state index < -0.39 is 11.5 Å². The summed E-state index contributed by atoms with van der Waals surface area (Å²) >= 11 is 6.18. The number of carbonyl (C=O) groups is 1. The smallest absolute Gasteiger partial charge is 0.276 e. The van der Waals surface area contributed by atoms with E-state index in [-0.39, 0.29) is 12.1 Å². The van der Waals surface area contributed by atoms with Crippen LogP contribution in [0.1, 0.15) is 34.8 Å². The van der Waals surface area contributed by atoms with E-state index in [1.54, 1.807) is 18.3 Å². The molecule has 2 aromatic carbocycles. The molecule has 3 rings (SSSR count). The van der Waals surface area contributed by atoms with Crippen LogP contribution in [0.3, 0.4) is 0 Å². The summed E-state index contributed by atoms with van der Waals surface area (Å²) in [4.78, 5) is 25.2. The fourth-order valence-corrected chi connectivity index (χ4v) is 2.99. The number of rotatable bonds is 8. The summed E-state index contributed by atoms with van der Waals surface area (Å²) < 4.78 is 7.10. The maximum atomic E-state index is 12.7. The number of nitrogens with zero attached hydrogens (tertiary/aromatic N) is 2. The Labute approximate surface area is 179 Å². The second-order valence-electron chi connectivity index (χ2n) is 6.53. The van der Waals surface area contributed by atoms with Crippen molar-refractivity contribution in [1.82, 2.24) is 9.99 Å². The lowest BCUT2D eigenvalue weighted by Gasteiger charge is -2.09. The number of hydrogen-bond donors (Lipinski definition) is 1. The standard InChI is InChI=1S/C23H22ClN3O3/c1-2-14-30-21-12-6-4-8-17(21)15-25-26-22(28)19-10-7-13-27(23(19)29)16-18-9-3-5-11-20(18)24/h3-13,15H,2,14,16H2,1H3,(H,26,28)/b25-15-. The number of pyridine rings is 1. The summed E-state index contributed by atoms with van der Waals surface area (Å²) in [5.41, 5.74) is 3.51. The Morgan fingerprint density at radius 1 is 1.13 bits per heavy atom. The first-order valence-corrected chi connectivity index (χ1v) is 9.96. The molecule has 1 heterocycles. The highest BCUT2D eigenvalue weighted by Crippen LogP contribution is 2.16. The second kappa shape index (κ2) is 10.4. The summed E-state index contributed by atoms with van der Waals surface area (Å²) in [6.45, 7) is 2.88. The lowest BCUT2D eigenvalue weighted by Crippen LogP contribution is -2.31. The zero-order valence-corrected chi connectivity index (χ0v) is 17.3. The van der Waals surface area contributed by atoms with Crippen LogP contribution in [0.15, 0.2) is 76.8 Å². The molecule has 1 amide bonds. The largest absolute Gasteiger partial charge is 0.493 e. The minimum Gasteiger partial charge on any atom is -0.493 e. The molecule has 0 saturated heterocycles. The predicted octanol–water partition coefficient (Wildman–Crippen LogP) is 4.10. The fourth-order valence-electron chi connectivity index (χ4n) is 2.80. The lowest BCUT2D eigenvalue weighted by atomic mass is 10.2. The van der Waals surface area contributed by atoms with Crippen LogP contribution in [0.25, 0.3) is 0 Å². The molecule has 0 aliphatic carbocycles. The molecule has 6 nitrogen and oxygen atoms in total. The van der Waals surface area contributed by atoms with Gasteiger partial charge in [-0.05, 0) is 42.3 Å². The third kappa shape index (κ3) is 5.36. The van der Waals surface area contributed by atoms with Gasteiger partial charge >= 0.3 is 0 Å². The normalized spacial score (nSPS) is 10.9. The molecule has 30 heavy (non-hydrogen) atoms. The molecule has 0 spiro atoms. The average Bonchev–Trinajstić information content (AvgIpc) is 2.76. The van der Waals surface area contributed by atoms with Crippen molar-refractivity contribution in [2.45, 2.75) is 19.9 Å². The minimum absolute atomic E-state index is 0.00257. The molecular weight excluding hydrogens is 402 g/mol. The van der Waals surface area contributed by atoms with Crippen LogP contribution in [0.4, 0.5) is 0 Å². The number of hydrazone groups is 1. The summed E-state index contributed by atoms with van der Waals surface area (Å²) in [6.07, 6.45) is 4.00. The number of hydrogen-bond acceptors (Lipinski definition) is 4. The van der Waals surface area contributed by atoms with Crippen LogP contribution >= 0.6 is 11.6 Å². The van der Waals surface area contributed by atoms with Gasteiger partial charge in [0.1, 0.15) is 11.3 Å². The first-order chi connectivity index (χ1) is 14.6. The molecule has 7 heteroatoms. The van der Waals surface area contributed by atoms with Crippen molar-refractivity contribution in [1.29, 1.82) is 0 Å². The Kier molecular flexibility index (Phi) is 7.40. The van der Waals surface area contributed by atoms with Crippen molar-refractivity contribution >= 4 is 23.7 Å². The molecule has 0 saturated carbocycles. The van der Waals surface area contributed by atoms with E-state index in [1.807, 2.05) is 49.4 Å². The van der Waals surface area contributed by atoms with Crippen LogP contribution in [0.2, 0.25) is 5.02 Å². The number of nitrogens with one attached hydrogen (secondary N) is 1. The second-order valence-corrected chi connectivity index (χ2v) is 6.94. The maximum Gasteiger partial charge on any atom is 0.276 e. The molecular formula is C23H22ClN3O3. The van der Waals surface area contributed by atoms with Crippen LogP contribution in [0, 0.1) is 0 Å². The maximum absolute atomic E-state index is 12.7. The Bertz CT molecular complexity index is 1110. The van der Waals surface area contributed by atoms with Gasteiger partial charge in [-0.25, -0.2) is 5.43 Å². The summed E-state index contributed by atoms with van der Waals surface area (Å²) in [5, 5.41) is 4.54. The van der Waals surface area contributed by atoms with E-state index in [9.17, 15) is 9.59 Å². The number of carbonyl (C=O) groups excluding carboxylic acids is 1. The Morgan fingerprint density at radius 2 is 1.90 bits per heavy atom. The van der Waals surface area contributed by atoms with Crippen LogP contribution in [0.5, 0.6) is 5.75 Å². The number of halogens is 1. The van der Waals surface area contributed by atoms with E-state index in [1.165, 1.54) is 16.8 Å². The molecule has 1 aromatic heterocycles. The van der Waals surface area contributed by atoms with Crippen molar-refractivity contribution in [3.63, 3.8) is 0 Å². The predicted molar refractivity (Wildman–Crippen MR) is 119 cm³/mol. The summed E-state index contributed by atoms with van der Waals surface area (Å²) in [7, 11) is 0. The van der Waals surface area contributed by atoms with Gasteiger partial charge in [-0.1, -0.05) is 48.9 Å². The van der Waals surface area contributed by atoms with Gasteiger partial charge < -0.3 is 9.30 Å². The van der Waals surface area contributed by atoms with Gasteiger partial charge in [0, 0.05) is 16.8 Å². The average molecular weight is 424 g/mol. The number of aromatic nitrogens is 1. The van der Waals surface area contributed by atoms with E-state index in [0.29, 0.717) is 17.4 Å². The highest BCUT2D eigenvalue weighted by Gasteiger charge is 2.12. The monoisotopic (exact) mass is 423 g/mol. The van der Waals surface area contributed by atoms with Gasteiger partial charge in [0.25, 0.3) is 11.5 Å². The van der Waals surface area contributed by atoms with Gasteiger partial charge in [0.15, 0.2) is 0 Å². The molecule has 0 aliphatic rings. The lowest BCUT2D eigenvalue weighted by molar-refractivity contribution is 0.0953. The first kappa shape index (κ1) is 21.3. The van der Waals surface area contributed by atoms with Gasteiger partial charge in [-0.2, -0.15) is 5.10 Å². The van der Waals surface area contributed by atoms with E-state index >= 15 is 0 Å². The molecule has 0 fully saturated rings. The third-order valence-corrected chi connectivity index (χ3v) is 4.68. The number of benzene rings is 2. The number of amides is 1. The quantitative estimate of drug-likeness (QED) is 0.438. The Hall–Kier alpha value is -3.38. The van der Waals surface area contributed by atoms with E-state index in [4.69, 9.17) is 16.3 Å². The van der Waals surface area contributed by atoms with Crippen molar-refractivity contribution in [2.24, 2.45) is 5.10 Å². The summed E-state index contributed by atoms with van der Waals surface area (Å²) in [5.74, 6) is 0.0934. The summed E-state index contributed by atoms with van der Waals surface area (Å²) in [6, 6.07) is 17.8. The van der Waals surface area contributed by atoms with Crippen LogP contribution in [-0.4, -0.2) is 23.3 Å². The molecule has 0 radical (unpaired) electrons. The van der Waals surface area contributed by atoms with Crippen molar-refractivity contribution in [2.75, 3.05) is 6.61 Å². The fraction of sp³-hybridized carbons (Fsp3) is 0.174. The molecule has 1 N–H and O–H groups in total. The zero-order valence-electron chi connectivity index (χ0n) is 16.5. The van der Waals surface area contributed by atoms with Crippen LogP contribution < -0.4 is 15.7 Å². The third-order valence-electron chi connectivity index (χ3n) is 4.31. The minimum atomic E-state index is -0.586. The molecule has 0 atom stereocenters. The SMILES string of the molecule is CCCOc1ccccc1/C=N\NC(=O)c1cccn(Cc2ccccc2Cl)c1=O. The van der Waals surface area contributed by atoms with Gasteiger partial charge in [0.05, 0.1) is 19.4 Å². The van der Waals surface area contributed by atoms with Crippen molar-refractivity contribution < 1.29 is 9.53 Å². The van der Waals surface area contributed by atoms with Crippen molar-refractivity contribution in [3.05, 3.63) is 98.9 Å². The number of ether oxygens (including phenoxy) is 1. The van der Waals surface area contributed by atoms with Gasteiger partial charge in [0.2, 0.25) is 0 Å². The Balaban J connectivity index is 1.73. The van der Waals surface area contributed by atoms with Gasteiger partial charge in [-0.3, -0.25) is 9.59 Å². The molecule has 154 valence electrons. The highest BCUT2D eigenvalue weighted by atomic mass is 35.5. The first-order valence-electron chi connectivity index (χ1n) is 9.58. The molecule has 0 aliphatic heterocycles. The van der Waals surface area contributed by atoms with E-state index in [2.05, 4.69) is 10.5 Å². The number of para-hydroxylation sites is 1. The van der Waals surface area contributed by atoms with E-state index in [0.717, 1.165) is 17.5 Å². The topological polar surface area (TPSA) is 72.7 Å². The molecule has 0 unspecified atom stereocenters.